The van der Waals surface area contributed by atoms with Gasteiger partial charge in [0.15, 0.2) is 0 Å². The van der Waals surface area contributed by atoms with E-state index in [-0.39, 0.29) is 6.67 Å². The summed E-state index contributed by atoms with van der Waals surface area (Å²) in [6.45, 7) is 4.48. The van der Waals surface area contributed by atoms with Crippen LogP contribution in [0.5, 0.6) is 5.75 Å². The molecule has 0 unspecified atom stereocenters. The molecule has 0 aliphatic carbocycles. The highest BCUT2D eigenvalue weighted by Gasteiger charge is 2.04. The molecule has 0 spiro atoms. The van der Waals surface area contributed by atoms with Crippen molar-refractivity contribution in [2.24, 2.45) is 0 Å². The van der Waals surface area contributed by atoms with Crippen molar-refractivity contribution in [1.82, 2.24) is 0 Å². The van der Waals surface area contributed by atoms with Gasteiger partial charge in [-0.2, -0.15) is 0 Å². The van der Waals surface area contributed by atoms with Crippen LogP contribution in [-0.2, 0) is 12.8 Å². The van der Waals surface area contributed by atoms with E-state index in [9.17, 15) is 4.39 Å². The highest BCUT2D eigenvalue weighted by atomic mass is 19.1. The highest BCUT2D eigenvalue weighted by Crippen LogP contribution is 2.22. The van der Waals surface area contributed by atoms with Gasteiger partial charge in [0.25, 0.3) is 0 Å². The van der Waals surface area contributed by atoms with Crippen molar-refractivity contribution >= 4 is 0 Å². The standard InChI is InChI=1S/C13H19FO/c1-3-11-7-8-13(15-4-2)12(10-11)6-5-9-14/h7-8,10H,3-6,9H2,1-2H3. The lowest BCUT2D eigenvalue weighted by molar-refractivity contribution is 0.335. The summed E-state index contributed by atoms with van der Waals surface area (Å²) in [5.74, 6) is 0.906. The minimum atomic E-state index is -0.262. The van der Waals surface area contributed by atoms with Gasteiger partial charge in [0.05, 0.1) is 13.3 Å². The molecule has 2 heteroatoms. The smallest absolute Gasteiger partial charge is 0.122 e. The summed E-state index contributed by atoms with van der Waals surface area (Å²) in [6, 6.07) is 6.19. The van der Waals surface area contributed by atoms with Gasteiger partial charge in [0.2, 0.25) is 0 Å². The van der Waals surface area contributed by atoms with Gasteiger partial charge < -0.3 is 4.74 Å². The number of rotatable bonds is 6. The SMILES string of the molecule is CCOc1ccc(CC)cc1CCCF. The van der Waals surface area contributed by atoms with Crippen LogP contribution in [0.25, 0.3) is 0 Å². The summed E-state index contributed by atoms with van der Waals surface area (Å²) in [5.41, 5.74) is 2.42. The zero-order valence-electron chi connectivity index (χ0n) is 9.55. The largest absolute Gasteiger partial charge is 0.494 e. The van der Waals surface area contributed by atoms with Gasteiger partial charge in [-0.05, 0) is 43.4 Å². The maximum atomic E-state index is 12.1. The molecule has 0 heterocycles. The Hall–Kier alpha value is -1.05. The average Bonchev–Trinajstić information content (AvgIpc) is 2.28. The number of hydrogen-bond acceptors (Lipinski definition) is 1. The molecular weight excluding hydrogens is 191 g/mol. The predicted octanol–water partition coefficient (Wildman–Crippen LogP) is 3.55. The van der Waals surface area contributed by atoms with Gasteiger partial charge in [-0.15, -0.1) is 0 Å². The van der Waals surface area contributed by atoms with E-state index in [1.54, 1.807) is 0 Å². The fraction of sp³-hybridized carbons (Fsp3) is 0.538. The maximum Gasteiger partial charge on any atom is 0.122 e. The minimum absolute atomic E-state index is 0.262. The molecule has 84 valence electrons. The molecular formula is C13H19FO. The average molecular weight is 210 g/mol. The first kappa shape index (κ1) is 12.0. The van der Waals surface area contributed by atoms with E-state index in [4.69, 9.17) is 4.74 Å². The summed E-state index contributed by atoms with van der Waals surface area (Å²) < 4.78 is 17.6. The Labute approximate surface area is 91.3 Å². The van der Waals surface area contributed by atoms with Crippen LogP contribution in [0.3, 0.4) is 0 Å². The summed E-state index contributed by atoms with van der Waals surface area (Å²) >= 11 is 0. The third-order valence-corrected chi connectivity index (χ3v) is 2.41. The Kier molecular flexibility index (Phi) is 5.16. The number of benzene rings is 1. The predicted molar refractivity (Wildman–Crippen MR) is 61.3 cm³/mol. The Morgan fingerprint density at radius 1 is 1.27 bits per heavy atom. The summed E-state index contributed by atoms with van der Waals surface area (Å²) in [4.78, 5) is 0. The summed E-state index contributed by atoms with van der Waals surface area (Å²) in [6.07, 6.45) is 2.35. The van der Waals surface area contributed by atoms with Crippen molar-refractivity contribution in [3.8, 4) is 5.75 Å². The third-order valence-electron chi connectivity index (χ3n) is 2.41. The molecule has 0 fully saturated rings. The van der Waals surface area contributed by atoms with Crippen LogP contribution in [0.2, 0.25) is 0 Å². The molecule has 0 aromatic heterocycles. The fourth-order valence-corrected chi connectivity index (χ4v) is 1.60. The molecule has 1 aromatic rings. The molecule has 0 N–H and O–H groups in total. The Bertz CT molecular complexity index is 297. The number of halogens is 1. The van der Waals surface area contributed by atoms with E-state index in [1.165, 1.54) is 5.56 Å². The van der Waals surface area contributed by atoms with Crippen molar-refractivity contribution in [2.75, 3.05) is 13.3 Å². The first-order valence-corrected chi connectivity index (χ1v) is 5.62. The van der Waals surface area contributed by atoms with E-state index >= 15 is 0 Å². The van der Waals surface area contributed by atoms with Crippen molar-refractivity contribution in [3.63, 3.8) is 0 Å². The zero-order valence-corrected chi connectivity index (χ0v) is 9.55. The molecule has 0 radical (unpaired) electrons. The van der Waals surface area contributed by atoms with Crippen LogP contribution in [0.15, 0.2) is 18.2 Å². The quantitative estimate of drug-likeness (QED) is 0.697. The molecule has 15 heavy (non-hydrogen) atoms. The van der Waals surface area contributed by atoms with E-state index in [0.717, 1.165) is 24.2 Å². The number of ether oxygens (including phenoxy) is 1. The first-order valence-electron chi connectivity index (χ1n) is 5.62. The lowest BCUT2D eigenvalue weighted by Crippen LogP contribution is -1.98. The summed E-state index contributed by atoms with van der Waals surface area (Å²) in [7, 11) is 0. The first-order chi connectivity index (χ1) is 7.31. The molecule has 1 rings (SSSR count). The molecule has 0 atom stereocenters. The van der Waals surface area contributed by atoms with E-state index in [2.05, 4.69) is 19.1 Å². The van der Waals surface area contributed by atoms with Crippen LogP contribution in [0.1, 0.15) is 31.4 Å². The molecule has 0 bridgehead atoms. The molecule has 1 nitrogen and oxygen atoms in total. The molecule has 0 saturated carbocycles. The minimum Gasteiger partial charge on any atom is -0.494 e. The number of aryl methyl sites for hydroxylation is 2. The van der Waals surface area contributed by atoms with Crippen LogP contribution in [-0.4, -0.2) is 13.3 Å². The second-order valence-electron chi connectivity index (χ2n) is 3.52. The van der Waals surface area contributed by atoms with Crippen LogP contribution < -0.4 is 4.74 Å². The van der Waals surface area contributed by atoms with Crippen molar-refractivity contribution in [3.05, 3.63) is 29.3 Å². The van der Waals surface area contributed by atoms with Gasteiger partial charge in [-0.1, -0.05) is 19.1 Å². The molecule has 0 aliphatic rings. The van der Waals surface area contributed by atoms with E-state index in [1.807, 2.05) is 13.0 Å². The van der Waals surface area contributed by atoms with Gasteiger partial charge in [0.1, 0.15) is 5.75 Å². The normalized spacial score (nSPS) is 10.3. The van der Waals surface area contributed by atoms with Crippen molar-refractivity contribution in [2.45, 2.75) is 33.1 Å². The third kappa shape index (κ3) is 3.54. The Morgan fingerprint density at radius 2 is 2.07 bits per heavy atom. The van der Waals surface area contributed by atoms with Crippen molar-refractivity contribution in [1.29, 1.82) is 0 Å². The summed E-state index contributed by atoms with van der Waals surface area (Å²) in [5, 5.41) is 0. The van der Waals surface area contributed by atoms with Gasteiger partial charge in [-0.3, -0.25) is 4.39 Å². The van der Waals surface area contributed by atoms with Gasteiger partial charge >= 0.3 is 0 Å². The lowest BCUT2D eigenvalue weighted by Gasteiger charge is -2.11. The van der Waals surface area contributed by atoms with Crippen LogP contribution in [0, 0.1) is 0 Å². The van der Waals surface area contributed by atoms with Crippen LogP contribution in [0.4, 0.5) is 4.39 Å². The molecule has 0 aliphatic heterocycles. The van der Waals surface area contributed by atoms with Gasteiger partial charge in [0, 0.05) is 0 Å². The lowest BCUT2D eigenvalue weighted by atomic mass is 10.0. The number of hydrogen-bond donors (Lipinski definition) is 0. The fourth-order valence-electron chi connectivity index (χ4n) is 1.60. The Morgan fingerprint density at radius 3 is 2.67 bits per heavy atom. The van der Waals surface area contributed by atoms with E-state index in [0.29, 0.717) is 13.0 Å². The van der Waals surface area contributed by atoms with E-state index < -0.39 is 0 Å². The monoisotopic (exact) mass is 210 g/mol. The second kappa shape index (κ2) is 6.44. The molecule has 0 saturated heterocycles. The Balaban J connectivity index is 2.83. The molecule has 0 amide bonds. The zero-order chi connectivity index (χ0) is 11.1. The number of alkyl halides is 1. The van der Waals surface area contributed by atoms with Crippen molar-refractivity contribution < 1.29 is 9.13 Å². The maximum absolute atomic E-state index is 12.1. The van der Waals surface area contributed by atoms with Gasteiger partial charge in [-0.25, -0.2) is 0 Å². The second-order valence-corrected chi connectivity index (χ2v) is 3.52. The highest BCUT2D eigenvalue weighted by molar-refractivity contribution is 5.37. The van der Waals surface area contributed by atoms with Crippen LogP contribution >= 0.6 is 0 Å². The topological polar surface area (TPSA) is 9.23 Å². The molecule has 1 aromatic carbocycles.